The Balaban J connectivity index is 1.85. The molecule has 0 saturated heterocycles. The first-order chi connectivity index (χ1) is 15.3. The van der Waals surface area contributed by atoms with Gasteiger partial charge < -0.3 is 9.15 Å². The molecule has 0 amide bonds. The second-order valence-electron chi connectivity index (χ2n) is 7.20. The van der Waals surface area contributed by atoms with E-state index in [9.17, 15) is 0 Å². The highest BCUT2D eigenvalue weighted by atomic mass is 16.5. The van der Waals surface area contributed by atoms with Gasteiger partial charge in [0.25, 0.3) is 0 Å². The Kier molecular flexibility index (Phi) is 5.07. The summed E-state index contributed by atoms with van der Waals surface area (Å²) in [5, 5.41) is 2.07. The summed E-state index contributed by atoms with van der Waals surface area (Å²) >= 11 is 0. The van der Waals surface area contributed by atoms with Gasteiger partial charge in [-0.3, -0.25) is 0 Å². The van der Waals surface area contributed by atoms with Gasteiger partial charge in [-0.25, -0.2) is 4.99 Å². The fourth-order valence-electron chi connectivity index (χ4n) is 3.75. The molecule has 0 atom stereocenters. The molecule has 0 aliphatic carbocycles. The molecule has 4 aromatic carbocycles. The Labute approximate surface area is 180 Å². The number of ether oxygens (including phenoxy) is 1. The SMILES string of the molecule is COc1ccc(N=c2oc(-c3ccccc3)c(-c3ccccc3)c3ccccc23)cc1. The van der Waals surface area contributed by atoms with Crippen LogP contribution in [0.5, 0.6) is 5.75 Å². The minimum atomic E-state index is 0.583. The molecule has 0 aliphatic heterocycles. The predicted octanol–water partition coefficient (Wildman–Crippen LogP) is 7.01. The van der Waals surface area contributed by atoms with Crippen LogP contribution < -0.4 is 10.3 Å². The summed E-state index contributed by atoms with van der Waals surface area (Å²) in [6.45, 7) is 0. The maximum absolute atomic E-state index is 6.52. The average Bonchev–Trinajstić information content (AvgIpc) is 2.85. The molecule has 5 rings (SSSR count). The fourth-order valence-corrected chi connectivity index (χ4v) is 3.75. The molecule has 0 radical (unpaired) electrons. The van der Waals surface area contributed by atoms with Crippen LogP contribution in [0.25, 0.3) is 33.2 Å². The van der Waals surface area contributed by atoms with Crippen molar-refractivity contribution >= 4 is 16.5 Å². The van der Waals surface area contributed by atoms with E-state index in [4.69, 9.17) is 14.1 Å². The lowest BCUT2D eigenvalue weighted by molar-refractivity contribution is 0.415. The highest BCUT2D eigenvalue weighted by Crippen LogP contribution is 2.36. The highest BCUT2D eigenvalue weighted by molar-refractivity contribution is 6.01. The van der Waals surface area contributed by atoms with Crippen molar-refractivity contribution in [3.8, 4) is 28.2 Å². The molecule has 150 valence electrons. The average molecular weight is 403 g/mol. The third-order valence-corrected chi connectivity index (χ3v) is 5.25. The van der Waals surface area contributed by atoms with Gasteiger partial charge in [0.1, 0.15) is 11.5 Å². The lowest BCUT2D eigenvalue weighted by atomic mass is 9.95. The van der Waals surface area contributed by atoms with E-state index >= 15 is 0 Å². The fraction of sp³-hybridized carbons (Fsp3) is 0.0357. The van der Waals surface area contributed by atoms with Crippen LogP contribution in [-0.2, 0) is 0 Å². The number of rotatable bonds is 4. The summed E-state index contributed by atoms with van der Waals surface area (Å²) < 4.78 is 11.8. The van der Waals surface area contributed by atoms with E-state index < -0.39 is 0 Å². The second kappa shape index (κ2) is 8.33. The van der Waals surface area contributed by atoms with Gasteiger partial charge in [-0.2, -0.15) is 0 Å². The molecule has 0 saturated carbocycles. The molecule has 31 heavy (non-hydrogen) atoms. The van der Waals surface area contributed by atoms with E-state index in [1.54, 1.807) is 7.11 Å². The van der Waals surface area contributed by atoms with Crippen molar-refractivity contribution in [2.75, 3.05) is 7.11 Å². The van der Waals surface area contributed by atoms with Crippen LogP contribution in [-0.4, -0.2) is 7.11 Å². The van der Waals surface area contributed by atoms with Crippen molar-refractivity contribution in [3.05, 3.63) is 115 Å². The summed E-state index contributed by atoms with van der Waals surface area (Å²) in [4.78, 5) is 4.84. The Morgan fingerprint density at radius 3 is 1.84 bits per heavy atom. The monoisotopic (exact) mass is 403 g/mol. The molecule has 0 aliphatic rings. The zero-order valence-corrected chi connectivity index (χ0v) is 17.2. The molecule has 1 heterocycles. The summed E-state index contributed by atoms with van der Waals surface area (Å²) in [6.07, 6.45) is 0. The Hall–Kier alpha value is -4.11. The van der Waals surface area contributed by atoms with E-state index in [2.05, 4.69) is 54.6 Å². The van der Waals surface area contributed by atoms with Crippen LogP contribution in [0.4, 0.5) is 5.69 Å². The molecule has 0 fully saturated rings. The van der Waals surface area contributed by atoms with Crippen molar-refractivity contribution in [2.24, 2.45) is 4.99 Å². The Bertz CT molecular complexity index is 1390. The third kappa shape index (κ3) is 3.74. The number of nitrogens with zero attached hydrogens (tertiary/aromatic N) is 1. The Morgan fingerprint density at radius 2 is 1.19 bits per heavy atom. The predicted molar refractivity (Wildman–Crippen MR) is 125 cm³/mol. The zero-order valence-electron chi connectivity index (χ0n) is 17.2. The van der Waals surface area contributed by atoms with E-state index in [1.807, 2.05) is 54.6 Å². The molecule has 1 aromatic heterocycles. The Morgan fingerprint density at radius 1 is 0.613 bits per heavy atom. The minimum absolute atomic E-state index is 0.583. The maximum atomic E-state index is 6.52. The number of hydrogen-bond acceptors (Lipinski definition) is 3. The van der Waals surface area contributed by atoms with E-state index in [-0.39, 0.29) is 0 Å². The van der Waals surface area contributed by atoms with Crippen molar-refractivity contribution in [3.63, 3.8) is 0 Å². The lowest BCUT2D eigenvalue weighted by Gasteiger charge is -2.13. The molecule has 0 N–H and O–H groups in total. The third-order valence-electron chi connectivity index (χ3n) is 5.25. The van der Waals surface area contributed by atoms with Crippen LogP contribution in [0.1, 0.15) is 0 Å². The van der Waals surface area contributed by atoms with Crippen molar-refractivity contribution in [1.29, 1.82) is 0 Å². The molecular formula is C28H21NO2. The first kappa shape index (κ1) is 18.9. The van der Waals surface area contributed by atoms with Gasteiger partial charge in [0.05, 0.1) is 12.8 Å². The summed E-state index contributed by atoms with van der Waals surface area (Å²) in [5.41, 5.74) is 4.58. The molecule has 0 spiro atoms. The number of benzene rings is 4. The summed E-state index contributed by atoms with van der Waals surface area (Å²) in [5.74, 6) is 1.60. The number of methoxy groups -OCH3 is 1. The standard InChI is InChI=1S/C28H21NO2/c1-30-23-18-16-22(17-19-23)29-28-25-15-9-8-14-24(25)26(20-10-4-2-5-11-20)27(31-28)21-12-6-3-7-13-21/h2-19H,1H3. The first-order valence-electron chi connectivity index (χ1n) is 10.2. The quantitative estimate of drug-likeness (QED) is 0.323. The highest BCUT2D eigenvalue weighted by Gasteiger charge is 2.16. The number of fused-ring (bicyclic) bond motifs is 1. The van der Waals surface area contributed by atoms with Crippen LogP contribution in [0.3, 0.4) is 0 Å². The second-order valence-corrected chi connectivity index (χ2v) is 7.20. The lowest BCUT2D eigenvalue weighted by Crippen LogP contribution is -2.05. The van der Waals surface area contributed by atoms with E-state index in [0.29, 0.717) is 5.55 Å². The zero-order chi connectivity index (χ0) is 21.0. The normalized spacial score (nSPS) is 11.6. The minimum Gasteiger partial charge on any atom is -0.497 e. The topological polar surface area (TPSA) is 34.7 Å². The van der Waals surface area contributed by atoms with Crippen LogP contribution in [0.2, 0.25) is 0 Å². The molecule has 0 unspecified atom stereocenters. The molecule has 0 bridgehead atoms. The first-order valence-corrected chi connectivity index (χ1v) is 10.2. The van der Waals surface area contributed by atoms with Crippen molar-refractivity contribution < 1.29 is 9.15 Å². The molecule has 3 nitrogen and oxygen atoms in total. The van der Waals surface area contributed by atoms with E-state index in [1.165, 1.54) is 0 Å². The van der Waals surface area contributed by atoms with Crippen LogP contribution >= 0.6 is 0 Å². The van der Waals surface area contributed by atoms with Gasteiger partial charge in [-0.15, -0.1) is 0 Å². The van der Waals surface area contributed by atoms with Gasteiger partial charge >= 0.3 is 0 Å². The smallest absolute Gasteiger partial charge is 0.227 e. The van der Waals surface area contributed by atoms with Crippen molar-refractivity contribution in [1.82, 2.24) is 0 Å². The summed E-state index contributed by atoms with van der Waals surface area (Å²) in [7, 11) is 1.66. The van der Waals surface area contributed by atoms with Gasteiger partial charge in [-0.1, -0.05) is 78.9 Å². The van der Waals surface area contributed by atoms with Gasteiger partial charge in [0.2, 0.25) is 5.55 Å². The summed E-state index contributed by atoms with van der Waals surface area (Å²) in [6, 6.07) is 36.5. The van der Waals surface area contributed by atoms with Gasteiger partial charge in [0.15, 0.2) is 0 Å². The molecular weight excluding hydrogens is 382 g/mol. The van der Waals surface area contributed by atoms with Crippen molar-refractivity contribution in [2.45, 2.75) is 0 Å². The van der Waals surface area contributed by atoms with Gasteiger partial charge in [0, 0.05) is 16.5 Å². The van der Waals surface area contributed by atoms with Crippen LogP contribution in [0.15, 0.2) is 119 Å². The van der Waals surface area contributed by atoms with E-state index in [0.717, 1.165) is 44.7 Å². The maximum Gasteiger partial charge on any atom is 0.227 e. The largest absolute Gasteiger partial charge is 0.497 e. The van der Waals surface area contributed by atoms with Gasteiger partial charge in [-0.05, 0) is 41.3 Å². The molecule has 5 aromatic rings. The van der Waals surface area contributed by atoms with Crippen LogP contribution in [0, 0.1) is 0 Å². The number of hydrogen-bond donors (Lipinski definition) is 0. The molecule has 3 heteroatoms.